The minimum atomic E-state index is -0.235. The third kappa shape index (κ3) is 3.94. The van der Waals surface area contributed by atoms with Crippen LogP contribution in [0, 0.1) is 0 Å². The first-order valence-corrected chi connectivity index (χ1v) is 8.47. The maximum Gasteiger partial charge on any atom is 0.272 e. The van der Waals surface area contributed by atoms with Crippen LogP contribution in [-0.4, -0.2) is 27.5 Å². The lowest BCUT2D eigenvalue weighted by Gasteiger charge is -2.22. The van der Waals surface area contributed by atoms with E-state index in [-0.39, 0.29) is 17.9 Å². The molecule has 0 aliphatic carbocycles. The average Bonchev–Trinajstić information content (AvgIpc) is 2.65. The van der Waals surface area contributed by atoms with Crippen molar-refractivity contribution >= 4 is 16.7 Å². The van der Waals surface area contributed by atoms with Crippen LogP contribution in [0.1, 0.15) is 24.6 Å². The topological polar surface area (TPSA) is 66.1 Å². The lowest BCUT2D eigenvalue weighted by Crippen LogP contribution is -2.33. The zero-order valence-corrected chi connectivity index (χ0v) is 14.2. The number of amides is 1. The molecule has 1 heterocycles. The molecule has 2 aromatic carbocycles. The van der Waals surface area contributed by atoms with Gasteiger partial charge in [-0.3, -0.25) is 9.59 Å². The van der Waals surface area contributed by atoms with Crippen molar-refractivity contribution in [2.75, 3.05) is 6.54 Å². The van der Waals surface area contributed by atoms with Gasteiger partial charge in [0.1, 0.15) is 0 Å². The second-order valence-electron chi connectivity index (χ2n) is 6.02. The average molecular weight is 335 g/mol. The molecule has 128 valence electrons. The molecule has 1 aromatic heterocycles. The van der Waals surface area contributed by atoms with Crippen LogP contribution in [0.15, 0.2) is 59.4 Å². The number of aromatic nitrogens is 2. The molecule has 0 atom stereocenters. The fraction of sp³-hybridized carbons (Fsp3) is 0.250. The highest BCUT2D eigenvalue weighted by atomic mass is 16.2. The van der Waals surface area contributed by atoms with Crippen molar-refractivity contribution in [1.29, 1.82) is 0 Å². The Hall–Kier alpha value is -2.95. The lowest BCUT2D eigenvalue weighted by atomic mass is 10.1. The first-order chi connectivity index (χ1) is 12.2. The van der Waals surface area contributed by atoms with Crippen LogP contribution in [0.25, 0.3) is 10.8 Å². The molecular weight excluding hydrogens is 314 g/mol. The minimum absolute atomic E-state index is 0.00963. The Labute approximate surface area is 146 Å². The van der Waals surface area contributed by atoms with Gasteiger partial charge in [-0.25, -0.2) is 5.10 Å². The van der Waals surface area contributed by atoms with Crippen LogP contribution >= 0.6 is 0 Å². The van der Waals surface area contributed by atoms with Gasteiger partial charge in [0.2, 0.25) is 5.91 Å². The number of nitrogens with zero attached hydrogens (tertiary/aromatic N) is 2. The summed E-state index contributed by atoms with van der Waals surface area (Å²) >= 11 is 0. The van der Waals surface area contributed by atoms with Crippen LogP contribution in [0.2, 0.25) is 0 Å². The Kier molecular flexibility index (Phi) is 5.23. The molecule has 25 heavy (non-hydrogen) atoms. The summed E-state index contributed by atoms with van der Waals surface area (Å²) in [6, 6.07) is 17.2. The van der Waals surface area contributed by atoms with Crippen LogP contribution < -0.4 is 5.56 Å². The zero-order chi connectivity index (χ0) is 17.6. The summed E-state index contributed by atoms with van der Waals surface area (Å²) in [6.07, 6.45) is 1.06. The Balaban J connectivity index is 1.84. The van der Waals surface area contributed by atoms with E-state index >= 15 is 0 Å². The quantitative estimate of drug-likeness (QED) is 0.753. The van der Waals surface area contributed by atoms with Crippen LogP contribution in [0.3, 0.4) is 0 Å². The number of rotatable bonds is 6. The molecule has 1 amide bonds. The monoisotopic (exact) mass is 335 g/mol. The molecule has 0 bridgehead atoms. The van der Waals surface area contributed by atoms with E-state index in [1.807, 2.05) is 53.4 Å². The lowest BCUT2D eigenvalue weighted by molar-refractivity contribution is -0.131. The van der Waals surface area contributed by atoms with Crippen molar-refractivity contribution in [2.45, 2.75) is 26.3 Å². The Morgan fingerprint density at radius 1 is 1.04 bits per heavy atom. The van der Waals surface area contributed by atoms with E-state index < -0.39 is 0 Å². The zero-order valence-electron chi connectivity index (χ0n) is 14.2. The third-order valence-electron chi connectivity index (χ3n) is 4.16. The second-order valence-corrected chi connectivity index (χ2v) is 6.02. The number of H-pyrrole nitrogens is 1. The van der Waals surface area contributed by atoms with Gasteiger partial charge in [0.15, 0.2) is 0 Å². The first kappa shape index (κ1) is 16.9. The molecule has 1 N–H and O–H groups in total. The summed E-state index contributed by atoms with van der Waals surface area (Å²) in [5, 5.41) is 7.90. The van der Waals surface area contributed by atoms with E-state index in [9.17, 15) is 9.59 Å². The van der Waals surface area contributed by atoms with Crippen LogP contribution in [0.4, 0.5) is 0 Å². The summed E-state index contributed by atoms with van der Waals surface area (Å²) in [5.41, 5.74) is 1.47. The number of benzene rings is 2. The van der Waals surface area contributed by atoms with Crippen molar-refractivity contribution in [3.8, 4) is 0 Å². The SMILES string of the molecule is CCCN(Cc1ccccc1)C(=O)Cc1n[nH]c(=O)c2ccccc12. The molecule has 0 radical (unpaired) electrons. The fourth-order valence-electron chi connectivity index (χ4n) is 2.93. The maximum atomic E-state index is 12.8. The van der Waals surface area contributed by atoms with E-state index in [1.54, 1.807) is 6.07 Å². The number of carbonyl (C=O) groups excluding carboxylic acids is 1. The molecule has 0 saturated heterocycles. The van der Waals surface area contributed by atoms with Gasteiger partial charge in [0, 0.05) is 18.5 Å². The summed E-state index contributed by atoms with van der Waals surface area (Å²) in [5.74, 6) is 0.00963. The van der Waals surface area contributed by atoms with Gasteiger partial charge in [-0.15, -0.1) is 0 Å². The van der Waals surface area contributed by atoms with E-state index in [1.165, 1.54) is 0 Å². The standard InChI is InChI=1S/C20H21N3O2/c1-2-12-23(14-15-8-4-3-5-9-15)19(24)13-18-16-10-6-7-11-17(16)20(25)22-21-18/h3-11H,2,12-14H2,1H3,(H,22,25). The first-order valence-electron chi connectivity index (χ1n) is 8.47. The van der Waals surface area contributed by atoms with Gasteiger partial charge in [0.05, 0.1) is 17.5 Å². The third-order valence-corrected chi connectivity index (χ3v) is 4.16. The van der Waals surface area contributed by atoms with Gasteiger partial charge in [-0.2, -0.15) is 5.10 Å². The molecule has 3 aromatic rings. The summed E-state index contributed by atoms with van der Waals surface area (Å²) in [4.78, 5) is 26.6. The highest BCUT2D eigenvalue weighted by molar-refractivity contribution is 5.88. The smallest absolute Gasteiger partial charge is 0.272 e. The van der Waals surface area contributed by atoms with Crippen LogP contribution in [-0.2, 0) is 17.8 Å². The molecule has 5 nitrogen and oxygen atoms in total. The van der Waals surface area contributed by atoms with Gasteiger partial charge >= 0.3 is 0 Å². The van der Waals surface area contributed by atoms with Gasteiger partial charge in [-0.05, 0) is 18.1 Å². The Morgan fingerprint density at radius 3 is 2.44 bits per heavy atom. The number of carbonyl (C=O) groups is 1. The maximum absolute atomic E-state index is 12.8. The molecule has 0 spiro atoms. The predicted octanol–water partition coefficient (Wildman–Crippen LogP) is 2.90. The molecular formula is C20H21N3O2. The number of nitrogens with one attached hydrogen (secondary N) is 1. The molecule has 0 fully saturated rings. The van der Waals surface area contributed by atoms with Gasteiger partial charge in [0.25, 0.3) is 5.56 Å². The van der Waals surface area contributed by atoms with Crippen molar-refractivity contribution < 1.29 is 4.79 Å². The molecule has 0 aliphatic rings. The van der Waals surface area contributed by atoms with Crippen molar-refractivity contribution in [3.05, 3.63) is 76.2 Å². The van der Waals surface area contributed by atoms with Crippen molar-refractivity contribution in [1.82, 2.24) is 15.1 Å². The van der Waals surface area contributed by atoms with E-state index in [0.717, 1.165) is 17.4 Å². The number of fused-ring (bicyclic) bond motifs is 1. The minimum Gasteiger partial charge on any atom is -0.338 e. The fourth-order valence-corrected chi connectivity index (χ4v) is 2.93. The van der Waals surface area contributed by atoms with Crippen LogP contribution in [0.5, 0.6) is 0 Å². The highest BCUT2D eigenvalue weighted by Gasteiger charge is 2.17. The molecule has 5 heteroatoms. The second kappa shape index (κ2) is 7.75. The number of hydrogen-bond acceptors (Lipinski definition) is 3. The van der Waals surface area contributed by atoms with E-state index in [2.05, 4.69) is 17.1 Å². The largest absolute Gasteiger partial charge is 0.338 e. The molecule has 0 saturated carbocycles. The van der Waals surface area contributed by atoms with E-state index in [4.69, 9.17) is 0 Å². The predicted molar refractivity (Wildman–Crippen MR) is 98.2 cm³/mol. The van der Waals surface area contributed by atoms with Crippen molar-refractivity contribution in [2.24, 2.45) is 0 Å². The summed E-state index contributed by atoms with van der Waals surface area (Å²) in [7, 11) is 0. The number of hydrogen-bond donors (Lipinski definition) is 1. The summed E-state index contributed by atoms with van der Waals surface area (Å²) in [6.45, 7) is 3.32. The van der Waals surface area contributed by atoms with Gasteiger partial charge < -0.3 is 4.90 Å². The molecule has 0 aliphatic heterocycles. The van der Waals surface area contributed by atoms with Gasteiger partial charge in [-0.1, -0.05) is 55.5 Å². The summed E-state index contributed by atoms with van der Waals surface area (Å²) < 4.78 is 0. The van der Waals surface area contributed by atoms with E-state index in [0.29, 0.717) is 24.2 Å². The number of aromatic amines is 1. The molecule has 0 unspecified atom stereocenters. The van der Waals surface area contributed by atoms with Crippen molar-refractivity contribution in [3.63, 3.8) is 0 Å². The Morgan fingerprint density at radius 2 is 1.72 bits per heavy atom. The normalized spacial score (nSPS) is 10.8. The highest BCUT2D eigenvalue weighted by Crippen LogP contribution is 2.15. The Bertz CT molecular complexity index is 919. The molecule has 3 rings (SSSR count).